The van der Waals surface area contributed by atoms with Crippen molar-refractivity contribution in [3.8, 4) is 0 Å². The molecule has 0 bridgehead atoms. The fourth-order valence-electron chi connectivity index (χ4n) is 2.25. The lowest BCUT2D eigenvalue weighted by atomic mass is 10.3. The minimum atomic E-state index is -0.0586. The molecule has 0 fully saturated rings. The van der Waals surface area contributed by atoms with Gasteiger partial charge in [0.25, 0.3) is 0 Å². The Balaban J connectivity index is 1.57. The van der Waals surface area contributed by atoms with E-state index >= 15 is 0 Å². The molecule has 6 nitrogen and oxygen atoms in total. The topological polar surface area (TPSA) is 71.0 Å². The van der Waals surface area contributed by atoms with Crippen molar-refractivity contribution in [2.24, 2.45) is 0 Å². The minimum absolute atomic E-state index is 0.0556. The van der Waals surface area contributed by atoms with Crippen LogP contribution in [0.4, 0.5) is 5.13 Å². The van der Waals surface area contributed by atoms with Crippen LogP contribution in [0, 0.1) is 0 Å². The number of benzene rings is 1. The Bertz CT molecular complexity index is 845. The monoisotopic (exact) mass is 407 g/mol. The standard InChI is InChI=1S/C17H21N5OS3/c1-4-9-18-16-20-21-17(26-16)24-10-14(23)22(3)11(2)15-19-12-7-5-6-8-13(12)25-15/h5-8,11H,4,9-10H2,1-3H3,(H,18,20)/t11-/m1/s1. The van der Waals surface area contributed by atoms with E-state index in [4.69, 9.17) is 0 Å². The number of carbonyl (C=O) groups is 1. The van der Waals surface area contributed by atoms with Crippen molar-refractivity contribution in [2.75, 3.05) is 24.7 Å². The number of rotatable bonds is 8. The average Bonchev–Trinajstić information content (AvgIpc) is 3.29. The van der Waals surface area contributed by atoms with E-state index in [0.29, 0.717) is 5.75 Å². The Hall–Kier alpha value is -1.71. The number of nitrogens with one attached hydrogen (secondary N) is 1. The SMILES string of the molecule is CCCNc1nnc(SCC(=O)N(C)[C@H](C)c2nc3ccccc3s2)s1. The summed E-state index contributed by atoms with van der Waals surface area (Å²) in [5, 5.41) is 13.2. The molecule has 0 aliphatic carbocycles. The molecule has 2 aromatic heterocycles. The Morgan fingerprint density at radius 1 is 1.31 bits per heavy atom. The van der Waals surface area contributed by atoms with Crippen molar-refractivity contribution in [2.45, 2.75) is 30.6 Å². The van der Waals surface area contributed by atoms with Gasteiger partial charge in [-0.3, -0.25) is 4.79 Å². The second kappa shape index (κ2) is 8.79. The number of anilines is 1. The Morgan fingerprint density at radius 3 is 2.88 bits per heavy atom. The first-order chi connectivity index (χ1) is 12.6. The summed E-state index contributed by atoms with van der Waals surface area (Å²) in [6.45, 7) is 4.99. The van der Waals surface area contributed by atoms with E-state index < -0.39 is 0 Å². The number of para-hydroxylation sites is 1. The van der Waals surface area contributed by atoms with E-state index in [2.05, 4.69) is 33.5 Å². The van der Waals surface area contributed by atoms with E-state index in [1.54, 1.807) is 16.2 Å². The second-order valence-electron chi connectivity index (χ2n) is 5.79. The van der Waals surface area contributed by atoms with Crippen molar-refractivity contribution in [1.82, 2.24) is 20.1 Å². The molecule has 0 unspecified atom stereocenters. The van der Waals surface area contributed by atoms with Gasteiger partial charge < -0.3 is 10.2 Å². The van der Waals surface area contributed by atoms with Gasteiger partial charge in [-0.15, -0.1) is 21.5 Å². The van der Waals surface area contributed by atoms with Crippen LogP contribution in [0.1, 0.15) is 31.3 Å². The van der Waals surface area contributed by atoms with Crippen molar-refractivity contribution >= 4 is 55.7 Å². The zero-order valence-corrected chi connectivity index (χ0v) is 17.4. The summed E-state index contributed by atoms with van der Waals surface area (Å²) < 4.78 is 1.95. The van der Waals surface area contributed by atoms with E-state index in [1.807, 2.05) is 32.2 Å². The predicted octanol–water partition coefficient (Wildman–Crippen LogP) is 4.28. The molecule has 0 spiro atoms. The normalized spacial score (nSPS) is 12.3. The van der Waals surface area contributed by atoms with E-state index in [-0.39, 0.29) is 11.9 Å². The summed E-state index contributed by atoms with van der Waals surface area (Å²) in [6.07, 6.45) is 1.04. The number of carbonyl (C=O) groups excluding carboxylic acids is 1. The maximum atomic E-state index is 12.5. The summed E-state index contributed by atoms with van der Waals surface area (Å²) in [6, 6.07) is 7.98. The number of fused-ring (bicyclic) bond motifs is 1. The summed E-state index contributed by atoms with van der Waals surface area (Å²) >= 11 is 4.54. The van der Waals surface area contributed by atoms with Crippen LogP contribution in [-0.4, -0.2) is 45.3 Å². The molecular formula is C17H21N5OS3. The molecule has 26 heavy (non-hydrogen) atoms. The van der Waals surface area contributed by atoms with Crippen LogP contribution in [0.5, 0.6) is 0 Å². The molecule has 3 aromatic rings. The summed E-state index contributed by atoms with van der Waals surface area (Å²) in [5.74, 6) is 0.397. The van der Waals surface area contributed by atoms with Gasteiger partial charge in [0, 0.05) is 13.6 Å². The number of aromatic nitrogens is 3. The van der Waals surface area contributed by atoms with Crippen LogP contribution in [-0.2, 0) is 4.79 Å². The summed E-state index contributed by atoms with van der Waals surface area (Å²) in [4.78, 5) is 19.0. The van der Waals surface area contributed by atoms with Crippen molar-refractivity contribution in [3.63, 3.8) is 0 Å². The lowest BCUT2D eigenvalue weighted by molar-refractivity contribution is -0.128. The highest BCUT2D eigenvalue weighted by molar-refractivity contribution is 8.01. The third kappa shape index (κ3) is 4.52. The predicted molar refractivity (Wildman–Crippen MR) is 110 cm³/mol. The largest absolute Gasteiger partial charge is 0.360 e. The first-order valence-electron chi connectivity index (χ1n) is 8.39. The van der Waals surface area contributed by atoms with Crippen molar-refractivity contribution in [1.29, 1.82) is 0 Å². The molecule has 1 N–H and O–H groups in total. The number of hydrogen-bond donors (Lipinski definition) is 1. The molecule has 0 radical (unpaired) electrons. The maximum absolute atomic E-state index is 12.5. The Kier molecular flexibility index (Phi) is 6.44. The molecular weight excluding hydrogens is 386 g/mol. The zero-order chi connectivity index (χ0) is 18.5. The first-order valence-corrected chi connectivity index (χ1v) is 11.0. The van der Waals surface area contributed by atoms with Crippen LogP contribution in [0.15, 0.2) is 28.6 Å². The fraction of sp³-hybridized carbons (Fsp3) is 0.412. The Labute approximate surface area is 165 Å². The van der Waals surface area contributed by atoms with Gasteiger partial charge in [-0.2, -0.15) is 0 Å². The molecule has 3 rings (SSSR count). The summed E-state index contributed by atoms with van der Waals surface area (Å²) in [5.41, 5.74) is 0.982. The number of thioether (sulfide) groups is 1. The molecule has 9 heteroatoms. The van der Waals surface area contributed by atoms with Gasteiger partial charge >= 0.3 is 0 Å². The van der Waals surface area contributed by atoms with Gasteiger partial charge in [0.05, 0.1) is 22.0 Å². The third-order valence-corrected chi connectivity index (χ3v) is 7.10. The smallest absolute Gasteiger partial charge is 0.233 e. The zero-order valence-electron chi connectivity index (χ0n) is 14.9. The minimum Gasteiger partial charge on any atom is -0.360 e. The van der Waals surface area contributed by atoms with Gasteiger partial charge in [-0.05, 0) is 25.5 Å². The second-order valence-corrected chi connectivity index (χ2v) is 9.05. The molecule has 0 saturated carbocycles. The van der Waals surface area contributed by atoms with Crippen LogP contribution in [0.25, 0.3) is 10.2 Å². The number of thiazole rings is 1. The maximum Gasteiger partial charge on any atom is 0.233 e. The third-order valence-electron chi connectivity index (χ3n) is 3.89. The van der Waals surface area contributed by atoms with Crippen molar-refractivity contribution in [3.05, 3.63) is 29.3 Å². The number of hydrogen-bond acceptors (Lipinski definition) is 8. The molecule has 0 aliphatic heterocycles. The number of amides is 1. The fourth-order valence-corrected chi connectivity index (χ4v) is 5.01. The van der Waals surface area contributed by atoms with Gasteiger partial charge in [0.2, 0.25) is 11.0 Å². The molecule has 0 aliphatic rings. The van der Waals surface area contributed by atoms with E-state index in [9.17, 15) is 4.79 Å². The highest BCUT2D eigenvalue weighted by Gasteiger charge is 2.21. The quantitative estimate of drug-likeness (QED) is 0.562. The summed E-state index contributed by atoms with van der Waals surface area (Å²) in [7, 11) is 1.83. The molecule has 1 aromatic carbocycles. The van der Waals surface area contributed by atoms with Crippen LogP contribution in [0.3, 0.4) is 0 Å². The van der Waals surface area contributed by atoms with Crippen LogP contribution < -0.4 is 5.32 Å². The first kappa shape index (κ1) is 19.1. The molecule has 138 valence electrons. The van der Waals surface area contributed by atoms with Gasteiger partial charge in [0.15, 0.2) is 4.34 Å². The number of nitrogens with zero attached hydrogens (tertiary/aromatic N) is 4. The average molecular weight is 408 g/mol. The molecule has 2 heterocycles. The molecule has 0 saturated heterocycles. The van der Waals surface area contributed by atoms with E-state index in [1.165, 1.54) is 23.1 Å². The van der Waals surface area contributed by atoms with E-state index in [0.717, 1.165) is 37.7 Å². The van der Waals surface area contributed by atoms with Crippen LogP contribution >= 0.6 is 34.4 Å². The van der Waals surface area contributed by atoms with Gasteiger partial charge in [-0.25, -0.2) is 4.98 Å². The lowest BCUT2D eigenvalue weighted by Gasteiger charge is -2.22. The molecule has 1 amide bonds. The van der Waals surface area contributed by atoms with Gasteiger partial charge in [-0.1, -0.05) is 42.2 Å². The highest BCUT2D eigenvalue weighted by Crippen LogP contribution is 2.30. The molecule has 1 atom stereocenters. The Morgan fingerprint density at radius 2 is 2.12 bits per heavy atom. The van der Waals surface area contributed by atoms with Crippen molar-refractivity contribution < 1.29 is 4.79 Å². The van der Waals surface area contributed by atoms with Gasteiger partial charge in [0.1, 0.15) is 5.01 Å². The highest BCUT2D eigenvalue weighted by atomic mass is 32.2. The lowest BCUT2D eigenvalue weighted by Crippen LogP contribution is -2.31. The van der Waals surface area contributed by atoms with Crippen LogP contribution in [0.2, 0.25) is 0 Å².